The molecule has 0 spiro atoms. The molecule has 3 aromatic rings. The molecule has 0 fully saturated rings. The van der Waals surface area contributed by atoms with Crippen LogP contribution < -0.4 is 10.1 Å². The van der Waals surface area contributed by atoms with Gasteiger partial charge in [0.1, 0.15) is 23.0 Å². The number of nitrogens with zero attached hydrogens (tertiary/aromatic N) is 4. The lowest BCUT2D eigenvalue weighted by atomic mass is 10.3. The predicted molar refractivity (Wildman–Crippen MR) is 79.8 cm³/mol. The molecule has 6 nitrogen and oxygen atoms in total. The van der Waals surface area contributed by atoms with Gasteiger partial charge in [-0.2, -0.15) is 19.6 Å². The quantitative estimate of drug-likeness (QED) is 0.731. The van der Waals surface area contributed by atoms with Crippen molar-refractivity contribution in [1.82, 2.24) is 19.6 Å². The second-order valence-corrected chi connectivity index (χ2v) is 5.15. The Morgan fingerprint density at radius 1 is 1.35 bits per heavy atom. The predicted octanol–water partition coefficient (Wildman–Crippen LogP) is 3.29. The number of fused-ring (bicyclic) bond motifs is 1. The summed E-state index contributed by atoms with van der Waals surface area (Å²) in [4.78, 5) is 8.08. The topological polar surface area (TPSA) is 64.3 Å². The molecule has 0 saturated heterocycles. The van der Waals surface area contributed by atoms with E-state index in [2.05, 4.69) is 36.3 Å². The van der Waals surface area contributed by atoms with E-state index in [1.54, 1.807) is 17.7 Å². The minimum absolute atomic E-state index is 0.348. The van der Waals surface area contributed by atoms with Crippen LogP contribution in [0, 0.1) is 0 Å². The Bertz CT molecular complexity index is 776. The van der Waals surface area contributed by atoms with Crippen LogP contribution in [0.3, 0.4) is 0 Å². The third-order valence-electron chi connectivity index (χ3n) is 2.64. The molecule has 102 valence electrons. The van der Waals surface area contributed by atoms with Gasteiger partial charge in [-0.1, -0.05) is 11.6 Å². The number of methoxy groups -OCH3 is 1. The first-order chi connectivity index (χ1) is 9.67. The van der Waals surface area contributed by atoms with E-state index in [4.69, 9.17) is 16.3 Å². The SMILES string of the molecule is COc1ccc(Nc2cc(Cl)nc3ncnn23)cc1Br. The molecule has 0 saturated carbocycles. The van der Waals surface area contributed by atoms with Crippen molar-refractivity contribution in [3.05, 3.63) is 40.2 Å². The fourth-order valence-corrected chi connectivity index (χ4v) is 2.48. The highest BCUT2D eigenvalue weighted by Gasteiger charge is 2.08. The molecule has 0 aliphatic heterocycles. The lowest BCUT2D eigenvalue weighted by Gasteiger charge is -2.10. The van der Waals surface area contributed by atoms with Gasteiger partial charge in [0.25, 0.3) is 5.78 Å². The minimum Gasteiger partial charge on any atom is -0.496 e. The maximum atomic E-state index is 5.96. The Morgan fingerprint density at radius 2 is 2.20 bits per heavy atom. The number of hydrogen-bond donors (Lipinski definition) is 1. The molecule has 1 aromatic carbocycles. The van der Waals surface area contributed by atoms with Gasteiger partial charge in [-0.3, -0.25) is 0 Å². The number of halogens is 2. The molecule has 0 radical (unpaired) electrons. The van der Waals surface area contributed by atoms with Crippen LogP contribution in [0.1, 0.15) is 0 Å². The number of hydrogen-bond acceptors (Lipinski definition) is 5. The van der Waals surface area contributed by atoms with Gasteiger partial charge in [-0.15, -0.1) is 0 Å². The van der Waals surface area contributed by atoms with Crippen molar-refractivity contribution in [3.8, 4) is 5.75 Å². The van der Waals surface area contributed by atoms with Crippen molar-refractivity contribution in [1.29, 1.82) is 0 Å². The molecule has 20 heavy (non-hydrogen) atoms. The van der Waals surface area contributed by atoms with Gasteiger partial charge in [-0.05, 0) is 34.1 Å². The summed E-state index contributed by atoms with van der Waals surface area (Å²) in [5.74, 6) is 1.87. The Labute approximate surface area is 127 Å². The van der Waals surface area contributed by atoms with Crippen molar-refractivity contribution in [2.45, 2.75) is 0 Å². The third-order valence-corrected chi connectivity index (χ3v) is 3.46. The zero-order valence-electron chi connectivity index (χ0n) is 10.3. The van der Waals surface area contributed by atoms with Crippen LogP contribution in [0.5, 0.6) is 5.75 Å². The van der Waals surface area contributed by atoms with Gasteiger partial charge < -0.3 is 10.1 Å². The van der Waals surface area contributed by atoms with E-state index >= 15 is 0 Å². The molecule has 2 heterocycles. The number of benzene rings is 1. The first-order valence-corrected chi connectivity index (χ1v) is 6.81. The van der Waals surface area contributed by atoms with Crippen LogP contribution in [0.4, 0.5) is 11.5 Å². The normalized spacial score (nSPS) is 10.8. The third kappa shape index (κ3) is 2.41. The number of anilines is 2. The van der Waals surface area contributed by atoms with Crippen molar-refractivity contribution < 1.29 is 4.74 Å². The highest BCUT2D eigenvalue weighted by molar-refractivity contribution is 9.10. The number of aromatic nitrogens is 4. The molecule has 0 aliphatic rings. The second kappa shape index (κ2) is 5.26. The van der Waals surface area contributed by atoms with E-state index in [0.717, 1.165) is 15.9 Å². The van der Waals surface area contributed by atoms with Gasteiger partial charge in [0.2, 0.25) is 0 Å². The summed E-state index contributed by atoms with van der Waals surface area (Å²) >= 11 is 9.40. The van der Waals surface area contributed by atoms with E-state index in [1.807, 2.05) is 18.2 Å². The minimum atomic E-state index is 0.348. The number of ether oxygens (including phenoxy) is 1. The smallest absolute Gasteiger partial charge is 0.255 e. The van der Waals surface area contributed by atoms with Gasteiger partial charge in [0.05, 0.1) is 11.6 Å². The lowest BCUT2D eigenvalue weighted by molar-refractivity contribution is 0.412. The van der Waals surface area contributed by atoms with Crippen LogP contribution in [0.2, 0.25) is 5.15 Å². The van der Waals surface area contributed by atoms with Gasteiger partial charge in [0.15, 0.2) is 0 Å². The zero-order chi connectivity index (χ0) is 14.1. The molecule has 0 atom stereocenters. The van der Waals surface area contributed by atoms with E-state index in [0.29, 0.717) is 16.7 Å². The summed E-state index contributed by atoms with van der Waals surface area (Å²) < 4.78 is 7.61. The summed E-state index contributed by atoms with van der Waals surface area (Å²) in [6.45, 7) is 0. The van der Waals surface area contributed by atoms with Crippen LogP contribution in [-0.4, -0.2) is 26.7 Å². The molecule has 3 rings (SSSR count). The van der Waals surface area contributed by atoms with Crippen LogP contribution in [0.25, 0.3) is 5.78 Å². The molecule has 0 aliphatic carbocycles. The van der Waals surface area contributed by atoms with Crippen molar-refractivity contribution in [2.24, 2.45) is 0 Å². The van der Waals surface area contributed by atoms with Gasteiger partial charge in [0, 0.05) is 11.8 Å². The first kappa shape index (κ1) is 13.1. The molecular formula is C12H9BrClN5O. The van der Waals surface area contributed by atoms with E-state index in [9.17, 15) is 0 Å². The molecule has 8 heteroatoms. The largest absolute Gasteiger partial charge is 0.496 e. The summed E-state index contributed by atoms with van der Waals surface area (Å²) in [6.07, 6.45) is 1.42. The number of nitrogens with one attached hydrogen (secondary N) is 1. The van der Waals surface area contributed by atoms with E-state index in [1.165, 1.54) is 6.33 Å². The average molecular weight is 355 g/mol. The average Bonchev–Trinajstić information content (AvgIpc) is 2.87. The molecule has 0 amide bonds. The Balaban J connectivity index is 2.00. The van der Waals surface area contributed by atoms with E-state index in [-0.39, 0.29) is 0 Å². The summed E-state index contributed by atoms with van der Waals surface area (Å²) in [5, 5.41) is 7.66. The molecule has 0 bridgehead atoms. The fourth-order valence-electron chi connectivity index (χ4n) is 1.76. The van der Waals surface area contributed by atoms with Crippen molar-refractivity contribution in [2.75, 3.05) is 12.4 Å². The zero-order valence-corrected chi connectivity index (χ0v) is 12.7. The summed E-state index contributed by atoms with van der Waals surface area (Å²) in [6, 6.07) is 7.33. The monoisotopic (exact) mass is 353 g/mol. The van der Waals surface area contributed by atoms with Crippen LogP contribution >= 0.6 is 27.5 Å². The van der Waals surface area contributed by atoms with E-state index < -0.39 is 0 Å². The molecule has 0 unspecified atom stereocenters. The standard InChI is InChI=1S/C12H9BrClN5O/c1-20-9-3-2-7(4-8(9)13)17-11-5-10(14)18-12-15-6-16-19(11)12/h2-6,17H,1H3. The van der Waals surface area contributed by atoms with Gasteiger partial charge in [-0.25, -0.2) is 0 Å². The fraction of sp³-hybridized carbons (Fsp3) is 0.0833. The first-order valence-electron chi connectivity index (χ1n) is 5.64. The maximum absolute atomic E-state index is 5.96. The highest BCUT2D eigenvalue weighted by Crippen LogP contribution is 2.29. The molecule has 1 N–H and O–H groups in total. The number of rotatable bonds is 3. The summed E-state index contributed by atoms with van der Waals surface area (Å²) in [5.41, 5.74) is 0.858. The van der Waals surface area contributed by atoms with Crippen LogP contribution in [0.15, 0.2) is 35.1 Å². The Morgan fingerprint density at radius 3 is 2.95 bits per heavy atom. The molecular weight excluding hydrogens is 346 g/mol. The van der Waals surface area contributed by atoms with Crippen molar-refractivity contribution >= 4 is 44.8 Å². The second-order valence-electron chi connectivity index (χ2n) is 3.91. The van der Waals surface area contributed by atoms with Crippen molar-refractivity contribution in [3.63, 3.8) is 0 Å². The maximum Gasteiger partial charge on any atom is 0.255 e. The molecule has 2 aromatic heterocycles. The highest BCUT2D eigenvalue weighted by atomic mass is 79.9. The van der Waals surface area contributed by atoms with Gasteiger partial charge >= 0.3 is 0 Å². The Hall–Kier alpha value is -1.86. The van der Waals surface area contributed by atoms with Crippen LogP contribution in [-0.2, 0) is 0 Å². The lowest BCUT2D eigenvalue weighted by Crippen LogP contribution is -2.01. The Kier molecular flexibility index (Phi) is 3.45. The summed E-state index contributed by atoms with van der Waals surface area (Å²) in [7, 11) is 1.62.